The molecule has 2 aromatic rings. The smallest absolute Gasteiger partial charge is 0.223 e. The van der Waals surface area contributed by atoms with E-state index in [-0.39, 0.29) is 5.91 Å². The summed E-state index contributed by atoms with van der Waals surface area (Å²) in [7, 11) is 0. The van der Waals surface area contributed by atoms with Crippen LogP contribution in [0.3, 0.4) is 0 Å². The summed E-state index contributed by atoms with van der Waals surface area (Å²) in [5.41, 5.74) is 2.29. The second kappa shape index (κ2) is 4.88. The van der Waals surface area contributed by atoms with Crippen LogP contribution in [0.25, 0.3) is 10.9 Å². The van der Waals surface area contributed by atoms with Gasteiger partial charge in [0, 0.05) is 30.8 Å². The van der Waals surface area contributed by atoms with E-state index in [2.05, 4.69) is 22.8 Å². The molecule has 0 spiro atoms. The summed E-state index contributed by atoms with van der Waals surface area (Å²) in [5.74, 6) is 0.557. The molecule has 1 aliphatic rings. The number of carbonyl (C=O) groups excluding carboxylic acids is 1. The highest BCUT2D eigenvalue weighted by molar-refractivity contribution is 5.82. The maximum absolute atomic E-state index is 11.8. The minimum atomic E-state index is 0.240. The number of rotatable bonds is 4. The van der Waals surface area contributed by atoms with Crippen molar-refractivity contribution >= 4 is 16.8 Å². The van der Waals surface area contributed by atoms with Crippen LogP contribution in [0.15, 0.2) is 37.1 Å². The fraction of sp³-hybridized carbons (Fsp3) is 0.333. The molecule has 1 unspecified atom stereocenters. The van der Waals surface area contributed by atoms with Crippen molar-refractivity contribution in [3.05, 3.63) is 42.6 Å². The van der Waals surface area contributed by atoms with Gasteiger partial charge >= 0.3 is 0 Å². The number of benzene rings is 1. The summed E-state index contributed by atoms with van der Waals surface area (Å²) in [6.45, 7) is 5.35. The van der Waals surface area contributed by atoms with Crippen LogP contribution in [-0.4, -0.2) is 34.1 Å². The molecule has 98 valence electrons. The van der Waals surface area contributed by atoms with Crippen LogP contribution in [0.5, 0.6) is 0 Å². The molecule has 1 atom stereocenters. The van der Waals surface area contributed by atoms with Gasteiger partial charge in [-0.05, 0) is 18.1 Å². The average Bonchev–Trinajstić information content (AvgIpc) is 3.02. The van der Waals surface area contributed by atoms with E-state index in [1.54, 1.807) is 0 Å². The summed E-state index contributed by atoms with van der Waals surface area (Å²) in [5, 5.41) is 8.18. The number of amides is 1. The van der Waals surface area contributed by atoms with E-state index in [1.165, 1.54) is 5.56 Å². The van der Waals surface area contributed by atoms with Gasteiger partial charge in [-0.2, -0.15) is 5.10 Å². The Kier molecular flexibility index (Phi) is 3.07. The second-order valence-electron chi connectivity index (χ2n) is 5.04. The lowest BCUT2D eigenvalue weighted by Gasteiger charge is -2.16. The van der Waals surface area contributed by atoms with Crippen LogP contribution < -0.4 is 0 Å². The summed E-state index contributed by atoms with van der Waals surface area (Å²) in [6.07, 6.45) is 5.21. The van der Waals surface area contributed by atoms with Gasteiger partial charge in [0.1, 0.15) is 0 Å². The Labute approximate surface area is 112 Å². The number of carbonyl (C=O) groups is 1. The molecule has 1 aliphatic heterocycles. The van der Waals surface area contributed by atoms with Crippen LogP contribution in [0.2, 0.25) is 0 Å². The van der Waals surface area contributed by atoms with E-state index < -0.39 is 0 Å². The highest BCUT2D eigenvalue weighted by atomic mass is 16.2. The fourth-order valence-electron chi connectivity index (χ4n) is 2.68. The number of nitrogens with one attached hydrogen (secondary N) is 1. The van der Waals surface area contributed by atoms with E-state index in [4.69, 9.17) is 0 Å². The normalized spacial score (nSPS) is 19.3. The van der Waals surface area contributed by atoms with Gasteiger partial charge < -0.3 is 4.90 Å². The molecule has 0 saturated carbocycles. The van der Waals surface area contributed by atoms with E-state index in [1.807, 2.05) is 29.3 Å². The number of likely N-dealkylation sites (tertiary alicyclic amines) is 1. The molecule has 4 heteroatoms. The molecular weight excluding hydrogens is 238 g/mol. The maximum Gasteiger partial charge on any atom is 0.223 e. The predicted octanol–water partition coefficient (Wildman–Crippen LogP) is 2.14. The Morgan fingerprint density at radius 1 is 1.53 bits per heavy atom. The van der Waals surface area contributed by atoms with Gasteiger partial charge in [0.15, 0.2) is 0 Å². The summed E-state index contributed by atoms with van der Waals surface area (Å²) in [4.78, 5) is 13.8. The largest absolute Gasteiger partial charge is 0.342 e. The molecule has 1 aromatic heterocycles. The van der Waals surface area contributed by atoms with Crippen molar-refractivity contribution < 1.29 is 4.79 Å². The maximum atomic E-state index is 11.8. The highest BCUT2D eigenvalue weighted by Gasteiger charge is 2.26. The fourth-order valence-corrected chi connectivity index (χ4v) is 2.68. The summed E-state index contributed by atoms with van der Waals surface area (Å²) in [6, 6.07) is 6.14. The van der Waals surface area contributed by atoms with Gasteiger partial charge in [-0.1, -0.05) is 18.2 Å². The molecule has 0 aliphatic carbocycles. The lowest BCUT2D eigenvalue weighted by Crippen LogP contribution is -2.27. The number of hydrogen-bond donors (Lipinski definition) is 1. The highest BCUT2D eigenvalue weighted by Crippen LogP contribution is 2.21. The number of nitrogens with zero attached hydrogens (tertiary/aromatic N) is 2. The zero-order valence-corrected chi connectivity index (χ0v) is 10.8. The number of aromatic amines is 1. The molecule has 1 saturated heterocycles. The molecule has 0 bridgehead atoms. The standard InChI is InChI=1S/C15H17N3O/c1-2-11-8-15(19)18(10-11)7-6-12-4-3-5-14-13(12)9-16-17-14/h2-5,9,11H,1,6-8,10H2,(H,16,17). The first-order valence-corrected chi connectivity index (χ1v) is 6.59. The quantitative estimate of drug-likeness (QED) is 0.851. The average molecular weight is 255 g/mol. The van der Waals surface area contributed by atoms with Crippen molar-refractivity contribution in [2.75, 3.05) is 13.1 Å². The molecule has 0 radical (unpaired) electrons. The first-order valence-electron chi connectivity index (χ1n) is 6.59. The van der Waals surface area contributed by atoms with Gasteiger partial charge in [0.2, 0.25) is 5.91 Å². The lowest BCUT2D eigenvalue weighted by molar-refractivity contribution is -0.127. The third-order valence-corrected chi connectivity index (χ3v) is 3.80. The number of H-pyrrole nitrogens is 1. The van der Waals surface area contributed by atoms with Crippen molar-refractivity contribution in [2.45, 2.75) is 12.8 Å². The van der Waals surface area contributed by atoms with Crippen molar-refractivity contribution in [2.24, 2.45) is 5.92 Å². The molecule has 1 fully saturated rings. The zero-order valence-electron chi connectivity index (χ0n) is 10.8. The Hall–Kier alpha value is -2.10. The van der Waals surface area contributed by atoms with E-state index in [9.17, 15) is 4.79 Å². The number of hydrogen-bond acceptors (Lipinski definition) is 2. The van der Waals surface area contributed by atoms with Crippen molar-refractivity contribution in [1.82, 2.24) is 15.1 Å². The molecule has 3 rings (SSSR count). The number of aromatic nitrogens is 2. The molecule has 1 N–H and O–H groups in total. The van der Waals surface area contributed by atoms with Crippen LogP contribution in [0, 0.1) is 5.92 Å². The van der Waals surface area contributed by atoms with Crippen molar-refractivity contribution in [3.63, 3.8) is 0 Å². The van der Waals surface area contributed by atoms with E-state index in [0.717, 1.165) is 30.4 Å². The molecular formula is C15H17N3O. The Morgan fingerprint density at radius 2 is 2.42 bits per heavy atom. The minimum absolute atomic E-state index is 0.240. The Balaban J connectivity index is 1.71. The SMILES string of the molecule is C=CC1CC(=O)N(CCc2cccc3[nH]ncc23)C1. The van der Waals surface area contributed by atoms with Crippen molar-refractivity contribution in [3.8, 4) is 0 Å². The summed E-state index contributed by atoms with van der Waals surface area (Å²) >= 11 is 0. The minimum Gasteiger partial charge on any atom is -0.342 e. The lowest BCUT2D eigenvalue weighted by atomic mass is 10.1. The van der Waals surface area contributed by atoms with Gasteiger partial charge in [-0.3, -0.25) is 9.89 Å². The summed E-state index contributed by atoms with van der Waals surface area (Å²) < 4.78 is 0. The van der Waals surface area contributed by atoms with Gasteiger partial charge in [0.05, 0.1) is 11.7 Å². The van der Waals surface area contributed by atoms with Gasteiger partial charge in [0.25, 0.3) is 0 Å². The molecule has 19 heavy (non-hydrogen) atoms. The zero-order chi connectivity index (χ0) is 13.2. The van der Waals surface area contributed by atoms with Crippen LogP contribution in [0.1, 0.15) is 12.0 Å². The Morgan fingerprint density at radius 3 is 3.21 bits per heavy atom. The molecule has 2 heterocycles. The third-order valence-electron chi connectivity index (χ3n) is 3.80. The monoisotopic (exact) mass is 255 g/mol. The number of fused-ring (bicyclic) bond motifs is 1. The van der Waals surface area contributed by atoms with E-state index in [0.29, 0.717) is 12.3 Å². The first kappa shape index (κ1) is 12.0. The van der Waals surface area contributed by atoms with Crippen LogP contribution in [-0.2, 0) is 11.2 Å². The second-order valence-corrected chi connectivity index (χ2v) is 5.04. The first-order chi connectivity index (χ1) is 9.28. The molecule has 1 amide bonds. The molecule has 1 aromatic carbocycles. The topological polar surface area (TPSA) is 49.0 Å². The molecule has 4 nitrogen and oxygen atoms in total. The van der Waals surface area contributed by atoms with Gasteiger partial charge in [-0.15, -0.1) is 6.58 Å². The van der Waals surface area contributed by atoms with E-state index >= 15 is 0 Å². The third kappa shape index (κ3) is 2.26. The van der Waals surface area contributed by atoms with Crippen molar-refractivity contribution in [1.29, 1.82) is 0 Å². The van der Waals surface area contributed by atoms with Crippen LogP contribution >= 0.6 is 0 Å². The Bertz CT molecular complexity index is 617. The van der Waals surface area contributed by atoms with Crippen LogP contribution in [0.4, 0.5) is 0 Å². The predicted molar refractivity (Wildman–Crippen MR) is 74.7 cm³/mol. The van der Waals surface area contributed by atoms with Gasteiger partial charge in [-0.25, -0.2) is 0 Å².